The maximum atomic E-state index is 11.0. The normalized spacial score (nSPS) is 11.0. The molecule has 3 aromatic rings. The van der Waals surface area contributed by atoms with Crippen LogP contribution in [-0.2, 0) is 10.5 Å². The minimum absolute atomic E-state index is 0.0371. The van der Waals surface area contributed by atoms with Crippen LogP contribution in [0.25, 0.3) is 10.8 Å². The molecule has 0 fully saturated rings. The van der Waals surface area contributed by atoms with E-state index in [-0.39, 0.29) is 5.69 Å². The Labute approximate surface area is 164 Å². The van der Waals surface area contributed by atoms with Gasteiger partial charge >= 0.3 is 18.1 Å². The largest absolute Gasteiger partial charge is 0.490 e. The average molecular weight is 434 g/mol. The molecular weight excluding hydrogens is 423 g/mol. The highest BCUT2D eigenvalue weighted by Gasteiger charge is 2.38. The number of carboxylic acid groups (broad SMARTS) is 2. The number of benzene rings is 2. The van der Waals surface area contributed by atoms with E-state index in [2.05, 4.69) is 15.4 Å². The summed E-state index contributed by atoms with van der Waals surface area (Å²) < 4.78 is 31.7. The van der Waals surface area contributed by atoms with Crippen LogP contribution in [0.15, 0.2) is 41.3 Å². The molecule has 148 valence electrons. The zero-order valence-electron chi connectivity index (χ0n) is 13.7. The molecule has 0 aliphatic rings. The van der Waals surface area contributed by atoms with Gasteiger partial charge in [0.25, 0.3) is 0 Å². The average Bonchev–Trinajstić information content (AvgIpc) is 3.08. The second-order valence-corrected chi connectivity index (χ2v) is 6.67. The van der Waals surface area contributed by atoms with Crippen molar-refractivity contribution in [1.29, 1.82) is 0 Å². The highest BCUT2D eigenvalue weighted by molar-refractivity contribution is 7.98. The van der Waals surface area contributed by atoms with Crippen molar-refractivity contribution in [2.75, 3.05) is 0 Å². The fourth-order valence-corrected chi connectivity index (χ4v) is 3.02. The molecule has 0 unspecified atom stereocenters. The molecule has 0 saturated heterocycles. The van der Waals surface area contributed by atoms with E-state index < -0.39 is 18.1 Å². The van der Waals surface area contributed by atoms with Crippen molar-refractivity contribution < 1.29 is 33.0 Å². The van der Waals surface area contributed by atoms with Gasteiger partial charge in [0.2, 0.25) is 0 Å². The van der Waals surface area contributed by atoms with E-state index in [0.717, 1.165) is 15.7 Å². The topological polar surface area (TPSA) is 116 Å². The number of alkyl halides is 3. The number of aliphatic carboxylic acids is 1. The summed E-state index contributed by atoms with van der Waals surface area (Å²) in [4.78, 5) is 20.9. The number of thioether (sulfide) groups is 1. The van der Waals surface area contributed by atoms with Crippen molar-refractivity contribution in [3.8, 4) is 0 Å². The minimum Gasteiger partial charge on any atom is -0.476 e. The van der Waals surface area contributed by atoms with Crippen LogP contribution in [0.3, 0.4) is 0 Å². The number of H-pyrrole nitrogens is 1. The Bertz CT molecular complexity index is 1010. The standard InChI is InChI=1S/C14H10ClN3O2S.C2HF3O2/c15-10-3-1-9-6-11(4-2-8(9)5-10)21-7-12-13(14(19)20)17-18-16-12;3-2(4,5)1(6)7/h1-6H,7H2,(H,19,20)(H,16,17,18);(H,6,7). The number of rotatable bonds is 4. The van der Waals surface area contributed by atoms with Gasteiger partial charge in [0, 0.05) is 15.7 Å². The third-order valence-corrected chi connectivity index (χ3v) is 4.47. The van der Waals surface area contributed by atoms with Crippen LogP contribution in [0.1, 0.15) is 16.2 Å². The summed E-state index contributed by atoms with van der Waals surface area (Å²) in [6.45, 7) is 0. The van der Waals surface area contributed by atoms with E-state index in [0.29, 0.717) is 16.5 Å². The predicted molar refractivity (Wildman–Crippen MR) is 95.6 cm³/mol. The van der Waals surface area contributed by atoms with E-state index in [1.165, 1.54) is 11.8 Å². The lowest BCUT2D eigenvalue weighted by Crippen LogP contribution is -2.21. The molecule has 7 nitrogen and oxygen atoms in total. The van der Waals surface area contributed by atoms with Crippen LogP contribution in [0.4, 0.5) is 13.2 Å². The van der Waals surface area contributed by atoms with Gasteiger partial charge in [-0.25, -0.2) is 9.59 Å². The maximum absolute atomic E-state index is 11.0. The molecule has 0 saturated carbocycles. The van der Waals surface area contributed by atoms with Crippen LogP contribution < -0.4 is 0 Å². The number of nitrogens with one attached hydrogen (secondary N) is 1. The number of halogens is 4. The second-order valence-electron chi connectivity index (χ2n) is 5.18. The molecule has 0 aliphatic carbocycles. The lowest BCUT2D eigenvalue weighted by atomic mass is 10.1. The van der Waals surface area contributed by atoms with Crippen molar-refractivity contribution in [2.24, 2.45) is 0 Å². The quantitative estimate of drug-likeness (QED) is 0.527. The van der Waals surface area contributed by atoms with Gasteiger partial charge in [0.15, 0.2) is 5.69 Å². The van der Waals surface area contributed by atoms with Gasteiger partial charge in [0.1, 0.15) is 5.69 Å². The van der Waals surface area contributed by atoms with Gasteiger partial charge < -0.3 is 10.2 Å². The molecule has 1 heterocycles. The second kappa shape index (κ2) is 8.93. The number of carboxylic acids is 2. The Morgan fingerprint density at radius 2 is 1.71 bits per heavy atom. The van der Waals surface area contributed by atoms with Crippen molar-refractivity contribution in [2.45, 2.75) is 16.8 Å². The number of hydrogen-bond acceptors (Lipinski definition) is 5. The first-order chi connectivity index (χ1) is 13.1. The first kappa shape index (κ1) is 21.5. The lowest BCUT2D eigenvalue weighted by Gasteiger charge is -2.03. The van der Waals surface area contributed by atoms with Crippen molar-refractivity contribution >= 4 is 46.1 Å². The summed E-state index contributed by atoms with van der Waals surface area (Å²) in [6, 6.07) is 11.7. The van der Waals surface area contributed by atoms with Crippen molar-refractivity contribution in [3.63, 3.8) is 0 Å². The molecule has 0 radical (unpaired) electrons. The van der Waals surface area contributed by atoms with E-state index in [1.807, 2.05) is 36.4 Å². The molecule has 3 N–H and O–H groups in total. The summed E-state index contributed by atoms with van der Waals surface area (Å²) in [7, 11) is 0. The smallest absolute Gasteiger partial charge is 0.476 e. The van der Waals surface area contributed by atoms with Gasteiger partial charge in [-0.05, 0) is 35.0 Å². The summed E-state index contributed by atoms with van der Waals surface area (Å²) >= 11 is 7.46. The number of aromatic amines is 1. The van der Waals surface area contributed by atoms with Crippen molar-refractivity contribution in [3.05, 3.63) is 52.8 Å². The zero-order chi connectivity index (χ0) is 20.9. The molecule has 28 heavy (non-hydrogen) atoms. The van der Waals surface area contributed by atoms with Gasteiger partial charge in [-0.3, -0.25) is 5.10 Å². The highest BCUT2D eigenvalue weighted by atomic mass is 35.5. The molecule has 0 aliphatic heterocycles. The zero-order valence-corrected chi connectivity index (χ0v) is 15.3. The summed E-state index contributed by atoms with van der Waals surface area (Å²) in [6.07, 6.45) is -5.08. The Balaban J connectivity index is 0.000000345. The number of aromatic nitrogens is 3. The molecule has 2 aromatic carbocycles. The molecular formula is C16H11ClF3N3O4S. The van der Waals surface area contributed by atoms with E-state index in [1.54, 1.807) is 0 Å². The summed E-state index contributed by atoms with van der Waals surface area (Å²) in [5, 5.41) is 28.7. The monoisotopic (exact) mass is 433 g/mol. The van der Waals surface area contributed by atoms with Crippen LogP contribution in [-0.4, -0.2) is 43.7 Å². The van der Waals surface area contributed by atoms with E-state index in [4.69, 9.17) is 26.6 Å². The summed E-state index contributed by atoms with van der Waals surface area (Å²) in [5.41, 5.74) is 0.471. The number of aromatic carboxylic acids is 1. The fraction of sp³-hybridized carbons (Fsp3) is 0.125. The van der Waals surface area contributed by atoms with Crippen LogP contribution in [0.5, 0.6) is 0 Å². The summed E-state index contributed by atoms with van der Waals surface area (Å²) in [5.74, 6) is -3.37. The lowest BCUT2D eigenvalue weighted by molar-refractivity contribution is -0.192. The van der Waals surface area contributed by atoms with Gasteiger partial charge in [-0.15, -0.1) is 16.9 Å². The molecule has 0 atom stereocenters. The highest BCUT2D eigenvalue weighted by Crippen LogP contribution is 2.28. The number of carbonyl (C=O) groups is 2. The molecule has 0 amide bonds. The fourth-order valence-electron chi connectivity index (χ4n) is 1.96. The third-order valence-electron chi connectivity index (χ3n) is 3.23. The molecule has 12 heteroatoms. The Morgan fingerprint density at radius 1 is 1.11 bits per heavy atom. The number of hydrogen-bond donors (Lipinski definition) is 3. The van der Waals surface area contributed by atoms with E-state index in [9.17, 15) is 18.0 Å². The number of nitrogens with zero attached hydrogens (tertiary/aromatic N) is 2. The molecule has 3 rings (SSSR count). The minimum atomic E-state index is -5.08. The Hall–Kier alpha value is -2.79. The Kier molecular flexibility index (Phi) is 6.86. The van der Waals surface area contributed by atoms with Gasteiger partial charge in [-0.1, -0.05) is 28.9 Å². The van der Waals surface area contributed by atoms with Crippen LogP contribution in [0, 0.1) is 0 Å². The first-order valence-corrected chi connectivity index (χ1v) is 8.69. The predicted octanol–water partition coefficient (Wildman–Crippen LogP) is 4.24. The van der Waals surface area contributed by atoms with E-state index >= 15 is 0 Å². The first-order valence-electron chi connectivity index (χ1n) is 7.33. The Morgan fingerprint density at radius 3 is 2.32 bits per heavy atom. The molecule has 1 aromatic heterocycles. The molecule has 0 bridgehead atoms. The molecule has 0 spiro atoms. The van der Waals surface area contributed by atoms with Gasteiger partial charge in [-0.2, -0.15) is 13.2 Å². The third kappa shape index (κ3) is 5.86. The van der Waals surface area contributed by atoms with Crippen molar-refractivity contribution in [1.82, 2.24) is 15.4 Å². The SMILES string of the molecule is O=C(O)C(F)(F)F.O=C(O)c1[nH]nnc1CSc1ccc2cc(Cl)ccc2c1. The van der Waals surface area contributed by atoms with Crippen LogP contribution in [0.2, 0.25) is 5.02 Å². The van der Waals surface area contributed by atoms with Gasteiger partial charge in [0.05, 0.1) is 0 Å². The maximum Gasteiger partial charge on any atom is 0.490 e. The number of fused-ring (bicyclic) bond motifs is 1. The van der Waals surface area contributed by atoms with Crippen LogP contribution >= 0.6 is 23.4 Å².